The summed E-state index contributed by atoms with van der Waals surface area (Å²) in [5.41, 5.74) is 0. The van der Waals surface area contributed by atoms with E-state index in [-0.39, 0.29) is 5.75 Å². The van der Waals surface area contributed by atoms with Gasteiger partial charge in [0.25, 0.3) is 0 Å². The van der Waals surface area contributed by atoms with Gasteiger partial charge in [-0.1, -0.05) is 20.3 Å². The van der Waals surface area contributed by atoms with Gasteiger partial charge in [-0.2, -0.15) is 4.31 Å². The van der Waals surface area contributed by atoms with E-state index >= 15 is 0 Å². The third kappa shape index (κ3) is 3.71. The Labute approximate surface area is 99.7 Å². The highest BCUT2D eigenvalue weighted by molar-refractivity contribution is 7.89. The third-order valence-electron chi connectivity index (χ3n) is 3.36. The Balaban J connectivity index is 2.40. The summed E-state index contributed by atoms with van der Waals surface area (Å²) >= 11 is 0. The molecule has 96 valence electrons. The lowest BCUT2D eigenvalue weighted by Crippen LogP contribution is -2.49. The molecular formula is C11H24N2O2S. The fourth-order valence-corrected chi connectivity index (χ4v) is 3.03. The predicted molar refractivity (Wildman–Crippen MR) is 66.9 cm³/mol. The van der Waals surface area contributed by atoms with Crippen LogP contribution in [0.3, 0.4) is 0 Å². The lowest BCUT2D eigenvalue weighted by Gasteiger charge is -2.34. The van der Waals surface area contributed by atoms with Crippen LogP contribution in [0.2, 0.25) is 0 Å². The van der Waals surface area contributed by atoms with Crippen LogP contribution in [0.15, 0.2) is 0 Å². The molecule has 0 N–H and O–H groups in total. The molecular weight excluding hydrogens is 224 g/mol. The van der Waals surface area contributed by atoms with Gasteiger partial charge in [-0.3, -0.25) is 0 Å². The summed E-state index contributed by atoms with van der Waals surface area (Å²) < 4.78 is 24.9. The highest BCUT2D eigenvalue weighted by Crippen LogP contribution is 2.11. The molecule has 0 aromatic heterocycles. The Hall–Kier alpha value is -0.130. The summed E-state index contributed by atoms with van der Waals surface area (Å²) in [4.78, 5) is 2.37. The van der Waals surface area contributed by atoms with Crippen LogP contribution in [0.5, 0.6) is 0 Å². The minimum absolute atomic E-state index is 0.221. The van der Waals surface area contributed by atoms with Crippen LogP contribution in [-0.4, -0.2) is 56.1 Å². The van der Waals surface area contributed by atoms with Crippen molar-refractivity contribution in [2.75, 3.05) is 38.5 Å². The summed E-state index contributed by atoms with van der Waals surface area (Å²) in [6.45, 7) is 10.3. The van der Waals surface area contributed by atoms with Gasteiger partial charge in [-0.15, -0.1) is 0 Å². The van der Waals surface area contributed by atoms with Gasteiger partial charge in [0, 0.05) is 32.7 Å². The smallest absolute Gasteiger partial charge is 0.213 e. The maximum absolute atomic E-state index is 11.6. The largest absolute Gasteiger partial charge is 0.300 e. The van der Waals surface area contributed by atoms with Crippen LogP contribution in [0.4, 0.5) is 0 Å². The predicted octanol–water partition coefficient (Wildman–Crippen LogP) is 1.000. The molecule has 1 atom stereocenters. The van der Waals surface area contributed by atoms with Crippen molar-refractivity contribution in [1.29, 1.82) is 0 Å². The molecule has 0 radical (unpaired) electrons. The van der Waals surface area contributed by atoms with E-state index in [0.717, 1.165) is 19.6 Å². The molecule has 0 unspecified atom stereocenters. The van der Waals surface area contributed by atoms with E-state index in [1.165, 1.54) is 6.42 Å². The Morgan fingerprint density at radius 3 is 2.12 bits per heavy atom. The second-order valence-electron chi connectivity index (χ2n) is 4.61. The quantitative estimate of drug-likeness (QED) is 0.729. The number of nitrogens with zero attached hydrogens (tertiary/aromatic N) is 2. The van der Waals surface area contributed by atoms with E-state index in [0.29, 0.717) is 19.0 Å². The van der Waals surface area contributed by atoms with Gasteiger partial charge < -0.3 is 4.90 Å². The zero-order valence-corrected chi connectivity index (χ0v) is 11.5. The molecule has 5 heteroatoms. The van der Waals surface area contributed by atoms with E-state index in [4.69, 9.17) is 0 Å². The van der Waals surface area contributed by atoms with Gasteiger partial charge in [-0.25, -0.2) is 8.42 Å². The average Bonchev–Trinajstić information content (AvgIpc) is 2.29. The number of rotatable bonds is 5. The molecule has 0 amide bonds. The average molecular weight is 248 g/mol. The molecule has 1 fully saturated rings. The molecule has 1 aliphatic rings. The van der Waals surface area contributed by atoms with E-state index in [1.54, 1.807) is 11.2 Å². The van der Waals surface area contributed by atoms with E-state index in [2.05, 4.69) is 18.7 Å². The number of hydrogen-bond acceptors (Lipinski definition) is 3. The first kappa shape index (κ1) is 13.9. The standard InChI is InChI=1S/C11H24N2O2S/c1-4-11(3)10-12-6-8-13(9-7-12)16(14,15)5-2/h11H,4-10H2,1-3H3/t11-/m1/s1. The van der Waals surface area contributed by atoms with E-state index in [1.807, 2.05) is 0 Å². The van der Waals surface area contributed by atoms with Gasteiger partial charge in [0.1, 0.15) is 0 Å². The van der Waals surface area contributed by atoms with E-state index in [9.17, 15) is 8.42 Å². The fraction of sp³-hybridized carbons (Fsp3) is 1.00. The van der Waals surface area contributed by atoms with Crippen LogP contribution in [0.25, 0.3) is 0 Å². The summed E-state index contributed by atoms with van der Waals surface area (Å²) in [5, 5.41) is 0. The topological polar surface area (TPSA) is 40.6 Å². The van der Waals surface area contributed by atoms with Crippen LogP contribution in [0.1, 0.15) is 27.2 Å². The van der Waals surface area contributed by atoms with Crippen LogP contribution in [-0.2, 0) is 10.0 Å². The lowest BCUT2D eigenvalue weighted by atomic mass is 10.1. The normalized spacial score (nSPS) is 22.2. The van der Waals surface area contributed by atoms with Gasteiger partial charge in [-0.05, 0) is 12.8 Å². The Kier molecular flexibility index (Phi) is 5.21. The Bertz CT molecular complexity index is 295. The van der Waals surface area contributed by atoms with Crippen molar-refractivity contribution in [2.24, 2.45) is 5.92 Å². The summed E-state index contributed by atoms with van der Waals surface area (Å²) in [5.74, 6) is 0.924. The van der Waals surface area contributed by atoms with E-state index < -0.39 is 10.0 Å². The van der Waals surface area contributed by atoms with Crippen molar-refractivity contribution in [2.45, 2.75) is 27.2 Å². The molecule has 0 aliphatic carbocycles. The van der Waals surface area contributed by atoms with Gasteiger partial charge in [0.15, 0.2) is 0 Å². The zero-order chi connectivity index (χ0) is 12.2. The lowest BCUT2D eigenvalue weighted by molar-refractivity contribution is 0.167. The zero-order valence-electron chi connectivity index (χ0n) is 10.6. The second kappa shape index (κ2) is 5.98. The van der Waals surface area contributed by atoms with Gasteiger partial charge in [0.05, 0.1) is 5.75 Å². The molecule has 4 nitrogen and oxygen atoms in total. The third-order valence-corrected chi connectivity index (χ3v) is 5.24. The number of piperazine rings is 1. The van der Waals surface area contributed by atoms with Crippen molar-refractivity contribution in [3.05, 3.63) is 0 Å². The molecule has 1 rings (SSSR count). The number of hydrogen-bond donors (Lipinski definition) is 0. The first-order chi connectivity index (χ1) is 7.49. The molecule has 0 bridgehead atoms. The first-order valence-corrected chi connectivity index (χ1v) is 7.80. The van der Waals surface area contributed by atoms with Crippen molar-refractivity contribution < 1.29 is 8.42 Å². The van der Waals surface area contributed by atoms with Crippen LogP contribution in [0, 0.1) is 5.92 Å². The molecule has 0 aromatic rings. The van der Waals surface area contributed by atoms with Crippen molar-refractivity contribution >= 4 is 10.0 Å². The van der Waals surface area contributed by atoms with Gasteiger partial charge >= 0.3 is 0 Å². The molecule has 16 heavy (non-hydrogen) atoms. The summed E-state index contributed by atoms with van der Waals surface area (Å²) in [6, 6.07) is 0. The highest BCUT2D eigenvalue weighted by Gasteiger charge is 2.25. The minimum Gasteiger partial charge on any atom is -0.300 e. The second-order valence-corrected chi connectivity index (χ2v) is 6.87. The molecule has 0 spiro atoms. The molecule has 1 aliphatic heterocycles. The molecule has 1 saturated heterocycles. The molecule has 1 heterocycles. The summed E-state index contributed by atoms with van der Waals surface area (Å²) in [7, 11) is -2.97. The molecule has 0 saturated carbocycles. The molecule has 0 aromatic carbocycles. The van der Waals surface area contributed by atoms with Crippen LogP contribution < -0.4 is 0 Å². The van der Waals surface area contributed by atoms with Crippen molar-refractivity contribution in [1.82, 2.24) is 9.21 Å². The van der Waals surface area contributed by atoms with Crippen molar-refractivity contribution in [3.63, 3.8) is 0 Å². The first-order valence-electron chi connectivity index (χ1n) is 6.19. The maximum Gasteiger partial charge on any atom is 0.213 e. The fourth-order valence-electron chi connectivity index (χ4n) is 1.94. The van der Waals surface area contributed by atoms with Crippen LogP contribution >= 0.6 is 0 Å². The van der Waals surface area contributed by atoms with Crippen molar-refractivity contribution in [3.8, 4) is 0 Å². The minimum atomic E-state index is -2.97. The Morgan fingerprint density at radius 1 is 1.12 bits per heavy atom. The monoisotopic (exact) mass is 248 g/mol. The Morgan fingerprint density at radius 2 is 1.69 bits per heavy atom. The maximum atomic E-state index is 11.6. The van der Waals surface area contributed by atoms with Gasteiger partial charge in [0.2, 0.25) is 10.0 Å². The number of sulfonamides is 1. The SMILES string of the molecule is CC[C@@H](C)CN1CCN(S(=O)(=O)CC)CC1. The highest BCUT2D eigenvalue weighted by atomic mass is 32.2. The summed E-state index contributed by atoms with van der Waals surface area (Å²) in [6.07, 6.45) is 1.19.